The Labute approximate surface area is 149 Å². The van der Waals surface area contributed by atoms with E-state index in [1.807, 2.05) is 0 Å². The molecule has 0 atom stereocenters. The maximum Gasteiger partial charge on any atom is 0.396 e. The van der Waals surface area contributed by atoms with E-state index >= 15 is 0 Å². The summed E-state index contributed by atoms with van der Waals surface area (Å²) in [6.07, 6.45) is -4.11. The van der Waals surface area contributed by atoms with Gasteiger partial charge >= 0.3 is 6.18 Å². The minimum absolute atomic E-state index is 0.0583. The predicted molar refractivity (Wildman–Crippen MR) is 81.7 cm³/mol. The number of hydrogen-bond acceptors (Lipinski definition) is 7. The maximum absolute atomic E-state index is 12.4. The zero-order chi connectivity index (χ0) is 20.6. The fourth-order valence-corrected chi connectivity index (χ4v) is 3.37. The van der Waals surface area contributed by atoms with Crippen LogP contribution in [0.2, 0.25) is 0 Å². The highest BCUT2D eigenvalue weighted by Crippen LogP contribution is 2.19. The second-order valence-corrected chi connectivity index (χ2v) is 8.18. The summed E-state index contributed by atoms with van der Waals surface area (Å²) in [7, 11) is -9.67. The number of fused-ring (bicyclic) bond motifs is 1. The van der Waals surface area contributed by atoms with Crippen LogP contribution in [-0.4, -0.2) is 69.3 Å². The van der Waals surface area contributed by atoms with Crippen molar-refractivity contribution >= 4 is 31.7 Å². The number of alkyl halides is 3. The van der Waals surface area contributed by atoms with Crippen molar-refractivity contribution < 1.29 is 43.9 Å². The molecule has 16 heteroatoms. The first-order valence-electron chi connectivity index (χ1n) is 6.74. The zero-order valence-corrected chi connectivity index (χ0v) is 14.7. The first-order chi connectivity index (χ1) is 12.1. The van der Waals surface area contributed by atoms with Crippen molar-refractivity contribution in [3.05, 3.63) is 29.8 Å². The molecule has 150 valence electrons. The number of carbonyl (C=O) groups is 1. The Morgan fingerprint density at radius 1 is 1.15 bits per heavy atom. The van der Waals surface area contributed by atoms with Gasteiger partial charge in [-0.2, -0.15) is 35.1 Å². The van der Waals surface area contributed by atoms with Gasteiger partial charge in [-0.15, -0.1) is 0 Å². The molecule has 27 heavy (non-hydrogen) atoms. The van der Waals surface area contributed by atoms with E-state index in [0.717, 1.165) is 23.0 Å². The van der Waals surface area contributed by atoms with E-state index in [2.05, 4.69) is 10.1 Å². The Morgan fingerprint density at radius 3 is 2.19 bits per heavy atom. The molecule has 0 saturated carbocycles. The fourth-order valence-electron chi connectivity index (χ4n) is 2.05. The maximum atomic E-state index is 12.4. The summed E-state index contributed by atoms with van der Waals surface area (Å²) < 4.78 is 99.5. The Morgan fingerprint density at radius 2 is 1.70 bits per heavy atom. The third kappa shape index (κ3) is 6.42. The Kier molecular flexibility index (Phi) is 5.46. The van der Waals surface area contributed by atoms with Crippen LogP contribution in [0.3, 0.4) is 0 Å². The lowest BCUT2D eigenvalue weighted by Gasteiger charge is -2.18. The van der Waals surface area contributed by atoms with E-state index in [4.69, 9.17) is 9.11 Å². The number of rotatable bonds is 6. The van der Waals surface area contributed by atoms with Crippen LogP contribution in [0.15, 0.2) is 18.5 Å². The van der Waals surface area contributed by atoms with E-state index in [9.17, 15) is 34.8 Å². The quantitative estimate of drug-likeness (QED) is 0.597. The molecule has 0 aliphatic carbocycles. The number of hydrogen-bond donors (Lipinski definition) is 2. The van der Waals surface area contributed by atoms with Crippen molar-refractivity contribution in [3.8, 4) is 0 Å². The van der Waals surface area contributed by atoms with E-state index in [1.165, 1.54) is 0 Å². The number of carbonyl (C=O) groups excluding carboxylic acids is 1. The largest absolute Gasteiger partial charge is 0.396 e. The molecule has 2 aromatic rings. The number of halogens is 3. The molecule has 0 unspecified atom stereocenters. The van der Waals surface area contributed by atoms with Crippen molar-refractivity contribution in [1.82, 2.24) is 19.5 Å². The average Bonchev–Trinajstić information content (AvgIpc) is 2.84. The van der Waals surface area contributed by atoms with E-state index < -0.39 is 56.3 Å². The molecule has 11 nitrogen and oxygen atoms in total. The van der Waals surface area contributed by atoms with Crippen LogP contribution < -0.4 is 0 Å². The highest BCUT2D eigenvalue weighted by molar-refractivity contribution is 7.86. The average molecular weight is 432 g/mol. The SMILES string of the molecule is O=C(c1cc2cnc(CC(F)(F)F)nn2c1)N(CS(=O)(=O)O)CS(=O)(=O)O. The standard InChI is InChI=1S/C11H11F3N4O7S2/c12-11(13,14)2-9-15-3-8-1-7(4-18(8)16-9)10(19)17(5-26(20,21)22)6-27(23,24)25/h1,3-4H,2,5-6H2,(H,20,21,22)(H,23,24,25). The molecule has 0 radical (unpaired) electrons. The van der Waals surface area contributed by atoms with Gasteiger partial charge in [-0.05, 0) is 6.07 Å². The molecule has 0 spiro atoms. The summed E-state index contributed by atoms with van der Waals surface area (Å²) in [5.74, 6) is -4.73. The summed E-state index contributed by atoms with van der Waals surface area (Å²) >= 11 is 0. The normalized spacial score (nSPS) is 13.1. The first kappa shape index (κ1) is 21.0. The van der Waals surface area contributed by atoms with Crippen LogP contribution in [0, 0.1) is 0 Å². The third-order valence-corrected chi connectivity index (χ3v) is 4.20. The number of aromatic nitrogens is 3. The summed E-state index contributed by atoms with van der Waals surface area (Å²) in [6.45, 7) is 0. The number of nitrogens with zero attached hydrogens (tertiary/aromatic N) is 4. The van der Waals surface area contributed by atoms with Crippen LogP contribution in [0.5, 0.6) is 0 Å². The Bertz CT molecular complexity index is 1050. The highest BCUT2D eigenvalue weighted by Gasteiger charge is 2.30. The second-order valence-electron chi connectivity index (χ2n) is 5.33. The predicted octanol–water partition coefficient (Wildman–Crippen LogP) is -0.0331. The fraction of sp³-hybridized carbons (Fsp3) is 0.364. The molecular formula is C11H11F3N4O7S2. The van der Waals surface area contributed by atoms with Crippen molar-refractivity contribution in [1.29, 1.82) is 0 Å². The summed E-state index contributed by atoms with van der Waals surface area (Å²) in [5, 5.41) is 3.55. The van der Waals surface area contributed by atoms with Crippen LogP contribution in [-0.2, 0) is 26.7 Å². The van der Waals surface area contributed by atoms with Gasteiger partial charge in [-0.3, -0.25) is 13.9 Å². The lowest BCUT2D eigenvalue weighted by Crippen LogP contribution is -2.39. The molecule has 2 aromatic heterocycles. The van der Waals surface area contributed by atoms with Crippen molar-refractivity contribution in [2.24, 2.45) is 0 Å². The lowest BCUT2D eigenvalue weighted by molar-refractivity contribution is -0.128. The van der Waals surface area contributed by atoms with Crippen molar-refractivity contribution in [3.63, 3.8) is 0 Å². The topological polar surface area (TPSA) is 159 Å². The highest BCUT2D eigenvalue weighted by atomic mass is 32.2. The molecular weight excluding hydrogens is 421 g/mol. The van der Waals surface area contributed by atoms with Gasteiger partial charge in [0.1, 0.15) is 18.2 Å². The Balaban J connectivity index is 2.38. The third-order valence-electron chi connectivity index (χ3n) is 2.93. The van der Waals surface area contributed by atoms with Gasteiger partial charge in [0.2, 0.25) is 0 Å². The molecule has 0 fully saturated rings. The molecule has 2 rings (SSSR count). The molecule has 2 heterocycles. The molecule has 0 aliphatic heterocycles. The summed E-state index contributed by atoms with van der Waals surface area (Å²) in [4.78, 5) is 15.9. The van der Waals surface area contributed by atoms with E-state index in [1.54, 1.807) is 0 Å². The molecule has 0 bridgehead atoms. The molecule has 1 amide bonds. The van der Waals surface area contributed by atoms with Crippen LogP contribution in [0.25, 0.3) is 5.52 Å². The van der Waals surface area contributed by atoms with Gasteiger partial charge in [0.15, 0.2) is 5.82 Å². The summed E-state index contributed by atoms with van der Waals surface area (Å²) in [6, 6.07) is 1.06. The van der Waals surface area contributed by atoms with Crippen molar-refractivity contribution in [2.45, 2.75) is 12.6 Å². The van der Waals surface area contributed by atoms with Gasteiger partial charge in [0.25, 0.3) is 26.1 Å². The van der Waals surface area contributed by atoms with E-state index in [-0.39, 0.29) is 16.0 Å². The van der Waals surface area contributed by atoms with Gasteiger partial charge in [-0.1, -0.05) is 0 Å². The monoisotopic (exact) mass is 432 g/mol. The van der Waals surface area contributed by atoms with Crippen LogP contribution in [0.4, 0.5) is 13.2 Å². The molecule has 0 aliphatic rings. The van der Waals surface area contributed by atoms with Crippen LogP contribution >= 0.6 is 0 Å². The van der Waals surface area contributed by atoms with Gasteiger partial charge in [0, 0.05) is 6.20 Å². The number of amides is 1. The molecule has 2 N–H and O–H groups in total. The molecule has 0 aromatic carbocycles. The minimum atomic E-state index is -4.84. The van der Waals surface area contributed by atoms with Crippen molar-refractivity contribution in [2.75, 3.05) is 11.8 Å². The van der Waals surface area contributed by atoms with Crippen LogP contribution in [0.1, 0.15) is 16.2 Å². The van der Waals surface area contributed by atoms with Gasteiger partial charge in [0.05, 0.1) is 17.3 Å². The lowest BCUT2D eigenvalue weighted by atomic mass is 10.3. The Hall–Kier alpha value is -2.30. The molecule has 0 saturated heterocycles. The zero-order valence-electron chi connectivity index (χ0n) is 13.0. The summed E-state index contributed by atoms with van der Waals surface area (Å²) in [5.41, 5.74) is -0.302. The second kappa shape index (κ2) is 7.02. The van der Waals surface area contributed by atoms with Gasteiger partial charge in [-0.25, -0.2) is 9.50 Å². The first-order valence-corrected chi connectivity index (χ1v) is 9.95. The minimum Gasteiger partial charge on any atom is -0.305 e. The van der Waals surface area contributed by atoms with Gasteiger partial charge < -0.3 is 4.90 Å². The van der Waals surface area contributed by atoms with E-state index in [0.29, 0.717) is 0 Å². The smallest absolute Gasteiger partial charge is 0.305 e.